The number of imide groups is 1. The highest BCUT2D eigenvalue weighted by Gasteiger charge is 2.71. The van der Waals surface area contributed by atoms with E-state index in [1.807, 2.05) is 4.90 Å². The van der Waals surface area contributed by atoms with Gasteiger partial charge in [-0.15, -0.1) is 0 Å². The van der Waals surface area contributed by atoms with Gasteiger partial charge < -0.3 is 4.74 Å². The number of fused-ring (bicyclic) bond motifs is 5. The number of rotatable bonds is 9. The fraction of sp³-hybridized carbons (Fsp3) is 0.654. The largest absolute Gasteiger partial charge is 0.453 e. The molecule has 0 spiro atoms. The first-order valence-electron chi connectivity index (χ1n) is 13.0. The van der Waals surface area contributed by atoms with Crippen LogP contribution in [0, 0.1) is 23.2 Å². The number of nitriles is 1. The first-order chi connectivity index (χ1) is 19.2. The molecule has 1 aromatic rings. The minimum Gasteiger partial charge on any atom is -0.365 e. The van der Waals surface area contributed by atoms with Crippen molar-refractivity contribution in [3.63, 3.8) is 0 Å². The lowest BCUT2D eigenvalue weighted by molar-refractivity contribution is -0.284. The molecule has 3 aliphatic rings. The topological polar surface area (TPSA) is 90.7 Å². The number of anilines is 1. The smallest absolute Gasteiger partial charge is 0.365 e. The SMILES string of the molecule is C[C@]12CN(CCCS(=O)CCCC(F)(F)C(F)(F)F)C[C@@](C)(O1)[C@@H]1C(=O)N(c3ccc(C#N)c(C(F)(F)F)c3)C(=O)C12. The molecule has 2 unspecified atom stereocenters. The van der Waals surface area contributed by atoms with Crippen molar-refractivity contribution in [1.82, 2.24) is 4.90 Å². The number of ether oxygens (including phenoxy) is 1. The molecule has 2 bridgehead atoms. The van der Waals surface area contributed by atoms with Gasteiger partial charge in [-0.1, -0.05) is 0 Å². The van der Waals surface area contributed by atoms with Crippen LogP contribution in [0.1, 0.15) is 44.2 Å². The lowest BCUT2D eigenvalue weighted by Crippen LogP contribution is -2.58. The van der Waals surface area contributed by atoms with Crippen LogP contribution in [0.2, 0.25) is 0 Å². The summed E-state index contributed by atoms with van der Waals surface area (Å²) in [6.45, 7) is 3.87. The summed E-state index contributed by atoms with van der Waals surface area (Å²) in [5.41, 5.74) is -4.61. The summed E-state index contributed by atoms with van der Waals surface area (Å²) in [5, 5.41) is 9.06. The van der Waals surface area contributed by atoms with Crippen molar-refractivity contribution < 1.29 is 53.7 Å². The quantitative estimate of drug-likeness (QED) is 0.292. The molecule has 0 aromatic heterocycles. The second-order valence-corrected chi connectivity index (χ2v) is 12.9. The van der Waals surface area contributed by atoms with Crippen LogP contribution in [-0.2, 0) is 31.3 Å². The van der Waals surface area contributed by atoms with Gasteiger partial charge in [0.1, 0.15) is 0 Å². The third-order valence-electron chi connectivity index (χ3n) is 7.97. The van der Waals surface area contributed by atoms with E-state index in [4.69, 9.17) is 10.00 Å². The zero-order chi connectivity index (χ0) is 31.5. The molecule has 3 fully saturated rings. The van der Waals surface area contributed by atoms with Gasteiger partial charge in [0.05, 0.1) is 45.9 Å². The monoisotopic (exact) mass is 629 g/mol. The van der Waals surface area contributed by atoms with E-state index in [9.17, 15) is 48.9 Å². The van der Waals surface area contributed by atoms with Gasteiger partial charge in [-0.25, -0.2) is 4.90 Å². The summed E-state index contributed by atoms with van der Waals surface area (Å²) < 4.78 is 122. The molecule has 0 aliphatic carbocycles. The molecule has 42 heavy (non-hydrogen) atoms. The normalized spacial score (nSPS) is 29.1. The van der Waals surface area contributed by atoms with E-state index < -0.39 is 87.9 Å². The van der Waals surface area contributed by atoms with Gasteiger partial charge in [-0.3, -0.25) is 18.7 Å². The van der Waals surface area contributed by atoms with E-state index in [-0.39, 0.29) is 30.3 Å². The molecular formula is C26H27F8N3O4S. The molecular weight excluding hydrogens is 602 g/mol. The molecule has 3 heterocycles. The molecule has 1 aromatic carbocycles. The Bertz CT molecular complexity index is 1290. The van der Waals surface area contributed by atoms with Gasteiger partial charge in [0, 0.05) is 41.8 Å². The second-order valence-electron chi connectivity index (χ2n) is 11.3. The zero-order valence-electron chi connectivity index (χ0n) is 22.5. The standard InChI is InChI=1S/C26H27F8N3O4S/c1-22-13-36(8-4-10-42(40)9-3-7-24(27,28)26(32,33)34)14-23(2,41-22)19-18(22)20(38)37(21(19)39)16-6-5-15(12-35)17(11-16)25(29,30)31/h5-6,11,18-19H,3-4,7-10,13-14H2,1-2H3/t18-,19?,22+,23+,42?/m0/s1. The predicted molar refractivity (Wildman–Crippen MR) is 133 cm³/mol. The number of hydrogen-bond donors (Lipinski definition) is 0. The molecule has 7 nitrogen and oxygen atoms in total. The summed E-state index contributed by atoms with van der Waals surface area (Å²) in [5.74, 6) is -8.60. The van der Waals surface area contributed by atoms with Crippen LogP contribution in [0.3, 0.4) is 0 Å². The van der Waals surface area contributed by atoms with Gasteiger partial charge in [0.2, 0.25) is 11.8 Å². The second kappa shape index (κ2) is 10.8. The van der Waals surface area contributed by atoms with Crippen LogP contribution in [0.15, 0.2) is 18.2 Å². The Kier molecular flexibility index (Phi) is 8.31. The van der Waals surface area contributed by atoms with Crippen molar-refractivity contribution in [2.24, 2.45) is 11.8 Å². The third-order valence-corrected chi connectivity index (χ3v) is 9.46. The van der Waals surface area contributed by atoms with Crippen molar-refractivity contribution in [2.75, 3.05) is 36.0 Å². The molecule has 0 saturated carbocycles. The Morgan fingerprint density at radius 3 is 2.02 bits per heavy atom. The maximum atomic E-state index is 13.5. The maximum absolute atomic E-state index is 13.5. The van der Waals surface area contributed by atoms with Crippen LogP contribution >= 0.6 is 0 Å². The van der Waals surface area contributed by atoms with Crippen LogP contribution < -0.4 is 4.90 Å². The number of likely N-dealkylation sites (tertiary alicyclic amines) is 1. The van der Waals surface area contributed by atoms with E-state index in [2.05, 4.69) is 0 Å². The molecule has 3 aliphatic heterocycles. The number of benzene rings is 1. The lowest BCUT2D eigenvalue weighted by atomic mass is 9.79. The van der Waals surface area contributed by atoms with Crippen LogP contribution in [-0.4, -0.2) is 75.4 Å². The number of carbonyl (C=O) groups is 2. The Labute approximate surface area is 238 Å². The maximum Gasteiger partial charge on any atom is 0.453 e. The molecule has 4 rings (SSSR count). The Morgan fingerprint density at radius 1 is 0.976 bits per heavy atom. The summed E-state index contributed by atoms with van der Waals surface area (Å²) in [6, 6.07) is 4.07. The number of alkyl halides is 8. The van der Waals surface area contributed by atoms with Crippen molar-refractivity contribution in [3.8, 4) is 6.07 Å². The first kappa shape index (κ1) is 32.3. The van der Waals surface area contributed by atoms with E-state index in [1.54, 1.807) is 13.8 Å². The van der Waals surface area contributed by atoms with E-state index in [0.717, 1.165) is 12.1 Å². The molecule has 2 amide bonds. The zero-order valence-corrected chi connectivity index (χ0v) is 23.3. The van der Waals surface area contributed by atoms with Gasteiger partial charge in [0.25, 0.3) is 0 Å². The number of halogens is 8. The van der Waals surface area contributed by atoms with Crippen LogP contribution in [0.4, 0.5) is 40.8 Å². The number of morpholine rings is 1. The summed E-state index contributed by atoms with van der Waals surface area (Å²) in [4.78, 5) is 29.7. The fourth-order valence-corrected chi connectivity index (χ4v) is 7.45. The van der Waals surface area contributed by atoms with Gasteiger partial charge in [-0.2, -0.15) is 40.4 Å². The first-order valence-corrected chi connectivity index (χ1v) is 14.4. The highest BCUT2D eigenvalue weighted by atomic mass is 32.2. The minimum atomic E-state index is -5.66. The molecule has 0 N–H and O–H groups in total. The van der Waals surface area contributed by atoms with Crippen molar-refractivity contribution in [1.29, 1.82) is 5.26 Å². The summed E-state index contributed by atoms with van der Waals surface area (Å²) in [6.07, 6.45) is -12.3. The van der Waals surface area contributed by atoms with Crippen molar-refractivity contribution >= 4 is 28.3 Å². The van der Waals surface area contributed by atoms with Crippen molar-refractivity contribution in [2.45, 2.75) is 62.6 Å². The number of hydrogen-bond acceptors (Lipinski definition) is 6. The van der Waals surface area contributed by atoms with Gasteiger partial charge in [-0.05, 0) is 51.4 Å². The Morgan fingerprint density at radius 2 is 1.52 bits per heavy atom. The predicted octanol–water partition coefficient (Wildman–Crippen LogP) is 4.66. The van der Waals surface area contributed by atoms with E-state index >= 15 is 0 Å². The van der Waals surface area contributed by atoms with E-state index in [1.165, 1.54) is 6.07 Å². The number of carbonyl (C=O) groups excluding carboxylic acids is 2. The summed E-state index contributed by atoms with van der Waals surface area (Å²) in [7, 11) is -1.64. The Hall–Kier alpha value is -2.64. The molecule has 16 heteroatoms. The fourth-order valence-electron chi connectivity index (χ4n) is 6.33. The third kappa shape index (κ3) is 5.79. The highest BCUT2D eigenvalue weighted by molar-refractivity contribution is 7.84. The molecule has 0 radical (unpaired) electrons. The highest BCUT2D eigenvalue weighted by Crippen LogP contribution is 2.55. The van der Waals surface area contributed by atoms with Crippen LogP contribution in [0.5, 0.6) is 0 Å². The average molecular weight is 630 g/mol. The number of amides is 2. The van der Waals surface area contributed by atoms with Gasteiger partial charge >= 0.3 is 18.3 Å². The lowest BCUT2D eigenvalue weighted by Gasteiger charge is -2.45. The minimum absolute atomic E-state index is 0.0428. The number of nitrogens with zero attached hydrogens (tertiary/aromatic N) is 3. The van der Waals surface area contributed by atoms with Crippen molar-refractivity contribution in [3.05, 3.63) is 29.3 Å². The molecule has 5 atom stereocenters. The average Bonchev–Trinajstić information content (AvgIpc) is 3.22. The molecule has 232 valence electrons. The molecule has 3 saturated heterocycles. The van der Waals surface area contributed by atoms with Gasteiger partial charge in [0.15, 0.2) is 0 Å². The van der Waals surface area contributed by atoms with Crippen LogP contribution in [0.25, 0.3) is 0 Å². The Balaban J connectivity index is 1.41. The summed E-state index contributed by atoms with van der Waals surface area (Å²) >= 11 is 0. The van der Waals surface area contributed by atoms with E-state index in [0.29, 0.717) is 23.9 Å².